The number of benzene rings is 2. The summed E-state index contributed by atoms with van der Waals surface area (Å²) in [5, 5.41) is 12.7. The summed E-state index contributed by atoms with van der Waals surface area (Å²) in [5.41, 5.74) is 3.20. The summed E-state index contributed by atoms with van der Waals surface area (Å²) in [7, 11) is 0. The lowest BCUT2D eigenvalue weighted by Crippen LogP contribution is -2.33. The third-order valence-corrected chi connectivity index (χ3v) is 5.55. The molecular weight excluding hydrogens is 314 g/mol. The monoisotopic (exact) mass is 337 g/mol. The van der Waals surface area contributed by atoms with Crippen molar-refractivity contribution in [1.29, 1.82) is 5.26 Å². The van der Waals surface area contributed by atoms with Gasteiger partial charge in [-0.3, -0.25) is 0 Å². The lowest BCUT2D eigenvalue weighted by molar-refractivity contribution is 0.484. The van der Waals surface area contributed by atoms with E-state index in [9.17, 15) is 5.26 Å². The van der Waals surface area contributed by atoms with Gasteiger partial charge in [-0.2, -0.15) is 5.26 Å². The summed E-state index contributed by atoms with van der Waals surface area (Å²) in [6.45, 7) is 6.38. The van der Waals surface area contributed by atoms with Crippen molar-refractivity contribution in [1.82, 2.24) is 5.32 Å². The molecule has 1 unspecified atom stereocenters. The lowest BCUT2D eigenvalue weighted by atomic mass is 10.1. The van der Waals surface area contributed by atoms with E-state index < -0.39 is 0 Å². The maximum atomic E-state index is 9.19. The Morgan fingerprint density at radius 3 is 2.67 bits per heavy atom. The zero-order valence-electron chi connectivity index (χ0n) is 14.2. The minimum atomic E-state index is 0.540. The van der Waals surface area contributed by atoms with Crippen LogP contribution in [0.2, 0.25) is 0 Å². The van der Waals surface area contributed by atoms with E-state index in [2.05, 4.69) is 60.5 Å². The molecule has 1 N–H and O–H groups in total. The number of hydrogen-bond acceptors (Lipinski definition) is 4. The predicted octanol–water partition coefficient (Wildman–Crippen LogP) is 4.94. The van der Waals surface area contributed by atoms with E-state index in [0.29, 0.717) is 6.04 Å². The van der Waals surface area contributed by atoms with Gasteiger partial charge < -0.3 is 10.2 Å². The second kappa shape index (κ2) is 7.74. The molecule has 0 aliphatic carbocycles. The third-order valence-electron chi connectivity index (χ3n) is 4.44. The summed E-state index contributed by atoms with van der Waals surface area (Å²) in [6.07, 6.45) is 2.24. The van der Waals surface area contributed by atoms with Crippen LogP contribution in [0.15, 0.2) is 52.3 Å². The van der Waals surface area contributed by atoms with Crippen molar-refractivity contribution in [3.8, 4) is 6.07 Å². The zero-order chi connectivity index (χ0) is 16.9. The van der Waals surface area contributed by atoms with Crippen LogP contribution in [0, 0.1) is 11.3 Å². The Bertz CT molecular complexity index is 751. The second-order valence-corrected chi connectivity index (χ2v) is 7.05. The van der Waals surface area contributed by atoms with E-state index in [-0.39, 0.29) is 0 Å². The first-order valence-electron chi connectivity index (χ1n) is 8.58. The molecule has 2 aromatic rings. The Kier molecular flexibility index (Phi) is 5.44. The molecule has 4 heteroatoms. The van der Waals surface area contributed by atoms with Crippen LogP contribution in [0.1, 0.15) is 32.3 Å². The fourth-order valence-corrected chi connectivity index (χ4v) is 4.30. The van der Waals surface area contributed by atoms with Gasteiger partial charge in [-0.25, -0.2) is 0 Å². The average Bonchev–Trinajstić information content (AvgIpc) is 2.63. The predicted molar refractivity (Wildman–Crippen MR) is 101 cm³/mol. The van der Waals surface area contributed by atoms with Gasteiger partial charge in [0.2, 0.25) is 0 Å². The molecule has 0 aromatic heterocycles. The summed E-state index contributed by atoms with van der Waals surface area (Å²) < 4.78 is 0. The smallest absolute Gasteiger partial charge is 0.0992 e. The first-order valence-corrected chi connectivity index (χ1v) is 9.40. The van der Waals surface area contributed by atoms with Crippen LogP contribution in [0.25, 0.3) is 0 Å². The second-order valence-electron chi connectivity index (χ2n) is 5.97. The number of nitrogens with one attached hydrogen (secondary N) is 1. The molecule has 0 saturated carbocycles. The van der Waals surface area contributed by atoms with Crippen LogP contribution in [0.5, 0.6) is 0 Å². The molecular formula is C20H23N3S. The van der Waals surface area contributed by atoms with Crippen molar-refractivity contribution in [3.05, 3.63) is 48.0 Å². The van der Waals surface area contributed by atoms with Crippen molar-refractivity contribution in [3.63, 3.8) is 0 Å². The molecule has 1 aliphatic heterocycles. The zero-order valence-corrected chi connectivity index (χ0v) is 15.1. The average molecular weight is 337 g/mol. The first kappa shape index (κ1) is 16.9. The van der Waals surface area contributed by atoms with Crippen LogP contribution < -0.4 is 10.2 Å². The van der Waals surface area contributed by atoms with Crippen LogP contribution in [-0.4, -0.2) is 19.1 Å². The van der Waals surface area contributed by atoms with Crippen molar-refractivity contribution in [2.45, 2.75) is 42.5 Å². The van der Waals surface area contributed by atoms with E-state index in [1.807, 2.05) is 12.1 Å². The number of rotatable bonds is 6. The third kappa shape index (κ3) is 3.43. The highest BCUT2D eigenvalue weighted by atomic mass is 32.2. The number of nitriles is 1. The SMILES string of the molecule is CCNC(CC)CCN1c2ccccc2Sc2cc(C#N)ccc21. The maximum absolute atomic E-state index is 9.19. The van der Waals surface area contributed by atoms with E-state index >= 15 is 0 Å². The van der Waals surface area contributed by atoms with E-state index in [1.165, 1.54) is 21.2 Å². The van der Waals surface area contributed by atoms with Gasteiger partial charge in [0.05, 0.1) is 23.0 Å². The summed E-state index contributed by atoms with van der Waals surface area (Å²) in [5.74, 6) is 0. The summed E-state index contributed by atoms with van der Waals surface area (Å²) in [4.78, 5) is 4.84. The molecule has 24 heavy (non-hydrogen) atoms. The Morgan fingerprint density at radius 2 is 1.92 bits per heavy atom. The Hall–Kier alpha value is -1.96. The van der Waals surface area contributed by atoms with Gasteiger partial charge in [-0.15, -0.1) is 0 Å². The topological polar surface area (TPSA) is 39.1 Å². The van der Waals surface area contributed by atoms with Gasteiger partial charge in [-0.05, 0) is 49.7 Å². The van der Waals surface area contributed by atoms with Gasteiger partial charge in [0.25, 0.3) is 0 Å². The molecule has 0 bridgehead atoms. The summed E-state index contributed by atoms with van der Waals surface area (Å²) >= 11 is 1.76. The molecule has 1 heterocycles. The fourth-order valence-electron chi connectivity index (χ4n) is 3.17. The van der Waals surface area contributed by atoms with Crippen molar-refractivity contribution in [2.75, 3.05) is 18.0 Å². The van der Waals surface area contributed by atoms with Gasteiger partial charge in [0.15, 0.2) is 0 Å². The van der Waals surface area contributed by atoms with E-state index in [1.54, 1.807) is 11.8 Å². The largest absolute Gasteiger partial charge is 0.340 e. The van der Waals surface area contributed by atoms with Crippen molar-refractivity contribution in [2.24, 2.45) is 0 Å². The van der Waals surface area contributed by atoms with E-state index in [0.717, 1.165) is 31.5 Å². The summed E-state index contributed by atoms with van der Waals surface area (Å²) in [6, 6.07) is 17.3. The maximum Gasteiger partial charge on any atom is 0.0992 e. The molecule has 3 rings (SSSR count). The minimum absolute atomic E-state index is 0.540. The molecule has 1 atom stereocenters. The first-order chi connectivity index (χ1) is 11.8. The highest BCUT2D eigenvalue weighted by molar-refractivity contribution is 7.99. The van der Waals surface area contributed by atoms with Gasteiger partial charge in [-0.1, -0.05) is 37.7 Å². The standard InChI is InChI=1S/C20H23N3S/c1-3-16(22-4-2)11-12-23-17-7-5-6-8-19(17)24-20-13-15(14-21)9-10-18(20)23/h5-10,13,16,22H,3-4,11-12H2,1-2H3. The van der Waals surface area contributed by atoms with Crippen LogP contribution in [0.3, 0.4) is 0 Å². The number of hydrogen-bond donors (Lipinski definition) is 1. The number of fused-ring (bicyclic) bond motifs is 2. The lowest BCUT2D eigenvalue weighted by Gasteiger charge is -2.34. The number of anilines is 2. The van der Waals surface area contributed by atoms with Gasteiger partial charge in [0, 0.05) is 22.4 Å². The fraction of sp³-hybridized carbons (Fsp3) is 0.350. The number of para-hydroxylation sites is 1. The normalized spacial score (nSPS) is 13.8. The molecule has 0 amide bonds. The Balaban J connectivity index is 1.91. The molecule has 3 nitrogen and oxygen atoms in total. The number of nitrogens with zero attached hydrogens (tertiary/aromatic N) is 2. The molecule has 124 valence electrons. The highest BCUT2D eigenvalue weighted by Gasteiger charge is 2.23. The molecule has 1 aliphatic rings. The van der Waals surface area contributed by atoms with Crippen molar-refractivity contribution < 1.29 is 0 Å². The Labute approximate surface area is 148 Å². The van der Waals surface area contributed by atoms with Gasteiger partial charge in [0.1, 0.15) is 0 Å². The Morgan fingerprint density at radius 1 is 1.12 bits per heavy atom. The van der Waals surface area contributed by atoms with E-state index in [4.69, 9.17) is 0 Å². The molecule has 0 fully saturated rings. The molecule has 0 saturated heterocycles. The highest BCUT2D eigenvalue weighted by Crippen LogP contribution is 2.48. The van der Waals surface area contributed by atoms with Crippen LogP contribution >= 0.6 is 11.8 Å². The van der Waals surface area contributed by atoms with Crippen LogP contribution in [-0.2, 0) is 0 Å². The quantitative estimate of drug-likeness (QED) is 0.810. The molecule has 0 radical (unpaired) electrons. The van der Waals surface area contributed by atoms with Gasteiger partial charge >= 0.3 is 0 Å². The minimum Gasteiger partial charge on any atom is -0.340 e. The van der Waals surface area contributed by atoms with Crippen molar-refractivity contribution >= 4 is 23.1 Å². The molecule has 0 spiro atoms. The van der Waals surface area contributed by atoms with Crippen LogP contribution in [0.4, 0.5) is 11.4 Å². The molecule has 2 aromatic carbocycles.